The Morgan fingerprint density at radius 2 is 1.85 bits per heavy atom. The predicted molar refractivity (Wildman–Crippen MR) is 77.4 cm³/mol. The molecule has 2 fully saturated rings. The summed E-state index contributed by atoms with van der Waals surface area (Å²) in [5.74, 6) is 1.13. The van der Waals surface area contributed by atoms with Gasteiger partial charge in [0.1, 0.15) is 11.4 Å². The van der Waals surface area contributed by atoms with E-state index in [-0.39, 0.29) is 11.5 Å². The Balaban J connectivity index is 1.96. The molecule has 1 saturated carbocycles. The summed E-state index contributed by atoms with van der Waals surface area (Å²) >= 11 is 0. The molecule has 1 amide bonds. The molecule has 20 heavy (non-hydrogen) atoms. The van der Waals surface area contributed by atoms with Gasteiger partial charge in [0.05, 0.1) is 0 Å². The summed E-state index contributed by atoms with van der Waals surface area (Å²) in [7, 11) is 0. The second-order valence-electron chi connectivity index (χ2n) is 7.51. The van der Waals surface area contributed by atoms with E-state index in [4.69, 9.17) is 4.74 Å². The summed E-state index contributed by atoms with van der Waals surface area (Å²) < 4.78 is 5.43. The number of likely N-dealkylation sites (tertiary alicyclic amines) is 1. The standard InChI is InChI=1S/C16H27NO3/c1-11-10-17(14(19)20-15(3,4)5)9-6-13(11)16(7-8-16)12(2)18/h11,13H,6-10H2,1-5H3. The summed E-state index contributed by atoms with van der Waals surface area (Å²) in [4.78, 5) is 25.8. The maximum absolute atomic E-state index is 12.1. The Hall–Kier alpha value is -1.06. The van der Waals surface area contributed by atoms with Crippen LogP contribution in [0.5, 0.6) is 0 Å². The zero-order valence-electron chi connectivity index (χ0n) is 13.4. The first-order valence-electron chi connectivity index (χ1n) is 7.65. The molecule has 1 heterocycles. The van der Waals surface area contributed by atoms with Crippen molar-refractivity contribution in [3.05, 3.63) is 0 Å². The Labute approximate surface area is 121 Å². The quantitative estimate of drug-likeness (QED) is 0.780. The Bertz CT molecular complexity index is 406. The lowest BCUT2D eigenvalue weighted by molar-refractivity contribution is -0.125. The van der Waals surface area contributed by atoms with Gasteiger partial charge in [-0.05, 0) is 58.8 Å². The van der Waals surface area contributed by atoms with Gasteiger partial charge in [0, 0.05) is 18.5 Å². The maximum atomic E-state index is 12.1. The van der Waals surface area contributed by atoms with Gasteiger partial charge in [-0.2, -0.15) is 0 Å². The Morgan fingerprint density at radius 3 is 2.25 bits per heavy atom. The molecule has 0 N–H and O–H groups in total. The number of nitrogens with zero attached hydrogens (tertiary/aromatic N) is 1. The third-order valence-corrected chi connectivity index (χ3v) is 4.76. The van der Waals surface area contributed by atoms with Crippen LogP contribution in [0.25, 0.3) is 0 Å². The summed E-state index contributed by atoms with van der Waals surface area (Å²) in [6.45, 7) is 10.9. The molecule has 0 aromatic carbocycles. The summed E-state index contributed by atoms with van der Waals surface area (Å²) in [5.41, 5.74) is -0.520. The van der Waals surface area contributed by atoms with E-state index in [0.717, 1.165) is 19.3 Å². The minimum atomic E-state index is -0.450. The normalized spacial score (nSPS) is 28.9. The predicted octanol–water partition coefficient (Wildman–Crippen LogP) is 3.25. The van der Waals surface area contributed by atoms with Gasteiger partial charge in [0.15, 0.2) is 0 Å². The van der Waals surface area contributed by atoms with E-state index >= 15 is 0 Å². The van der Waals surface area contributed by atoms with Crippen LogP contribution < -0.4 is 0 Å². The van der Waals surface area contributed by atoms with E-state index in [0.29, 0.717) is 30.7 Å². The molecule has 0 bridgehead atoms. The van der Waals surface area contributed by atoms with Crippen molar-refractivity contribution in [2.45, 2.75) is 59.5 Å². The van der Waals surface area contributed by atoms with Crippen LogP contribution in [0.3, 0.4) is 0 Å². The van der Waals surface area contributed by atoms with E-state index in [1.807, 2.05) is 20.8 Å². The molecule has 4 heteroatoms. The number of carbonyl (C=O) groups is 2. The number of carbonyl (C=O) groups excluding carboxylic acids is 2. The molecule has 1 aliphatic heterocycles. The highest BCUT2D eigenvalue weighted by molar-refractivity contribution is 5.85. The molecular weight excluding hydrogens is 254 g/mol. The molecule has 4 nitrogen and oxygen atoms in total. The fraction of sp³-hybridized carbons (Fsp3) is 0.875. The van der Waals surface area contributed by atoms with Crippen molar-refractivity contribution >= 4 is 11.9 Å². The molecule has 2 aliphatic rings. The van der Waals surface area contributed by atoms with Gasteiger partial charge in [-0.15, -0.1) is 0 Å². The number of hydrogen-bond acceptors (Lipinski definition) is 3. The largest absolute Gasteiger partial charge is 0.444 e. The van der Waals surface area contributed by atoms with Crippen LogP contribution in [0.4, 0.5) is 4.79 Å². The van der Waals surface area contributed by atoms with E-state index in [1.165, 1.54) is 0 Å². The average molecular weight is 281 g/mol. The summed E-state index contributed by atoms with van der Waals surface area (Å²) in [6.07, 6.45) is 2.75. The minimum Gasteiger partial charge on any atom is -0.444 e. The zero-order valence-corrected chi connectivity index (χ0v) is 13.4. The SMILES string of the molecule is CC(=O)C1(C2CCN(C(=O)OC(C)(C)C)CC2C)CC1. The van der Waals surface area contributed by atoms with Gasteiger partial charge in [-0.25, -0.2) is 4.79 Å². The number of amides is 1. The van der Waals surface area contributed by atoms with Crippen molar-refractivity contribution in [1.29, 1.82) is 0 Å². The smallest absolute Gasteiger partial charge is 0.410 e. The van der Waals surface area contributed by atoms with E-state index in [9.17, 15) is 9.59 Å². The third-order valence-electron chi connectivity index (χ3n) is 4.76. The van der Waals surface area contributed by atoms with Gasteiger partial charge in [-0.1, -0.05) is 6.92 Å². The number of piperidine rings is 1. The van der Waals surface area contributed by atoms with Crippen molar-refractivity contribution in [2.24, 2.45) is 17.3 Å². The number of rotatable bonds is 2. The van der Waals surface area contributed by atoms with Crippen molar-refractivity contribution in [2.75, 3.05) is 13.1 Å². The van der Waals surface area contributed by atoms with Gasteiger partial charge in [-0.3, -0.25) is 4.79 Å². The highest BCUT2D eigenvalue weighted by Crippen LogP contribution is 2.57. The van der Waals surface area contributed by atoms with Crippen LogP contribution in [0, 0.1) is 17.3 Å². The fourth-order valence-electron chi connectivity index (χ4n) is 3.58. The van der Waals surface area contributed by atoms with Crippen LogP contribution in [-0.4, -0.2) is 35.5 Å². The lowest BCUT2D eigenvalue weighted by atomic mass is 9.73. The number of ether oxygens (including phenoxy) is 1. The molecule has 1 saturated heterocycles. The maximum Gasteiger partial charge on any atom is 0.410 e. The molecule has 0 aromatic rings. The second kappa shape index (κ2) is 5.05. The van der Waals surface area contributed by atoms with Crippen LogP contribution in [0.2, 0.25) is 0 Å². The lowest BCUT2D eigenvalue weighted by Gasteiger charge is -2.40. The fourth-order valence-corrected chi connectivity index (χ4v) is 3.58. The van der Waals surface area contributed by atoms with Crippen molar-refractivity contribution < 1.29 is 14.3 Å². The molecule has 0 aromatic heterocycles. The topological polar surface area (TPSA) is 46.6 Å². The number of Topliss-reactive ketones (excluding diaryl/α,β-unsaturated/α-hetero) is 1. The highest BCUT2D eigenvalue weighted by Gasteiger charge is 2.55. The van der Waals surface area contributed by atoms with Crippen LogP contribution in [0.15, 0.2) is 0 Å². The molecule has 2 atom stereocenters. The first kappa shape index (κ1) is 15.3. The monoisotopic (exact) mass is 281 g/mol. The van der Waals surface area contributed by atoms with Gasteiger partial charge in [0.25, 0.3) is 0 Å². The molecule has 0 spiro atoms. The first-order chi connectivity index (χ1) is 9.16. The first-order valence-corrected chi connectivity index (χ1v) is 7.65. The van der Waals surface area contributed by atoms with E-state index < -0.39 is 5.60 Å². The zero-order chi connectivity index (χ0) is 15.1. The van der Waals surface area contributed by atoms with Crippen LogP contribution >= 0.6 is 0 Å². The lowest BCUT2D eigenvalue weighted by Crippen LogP contribution is -2.47. The minimum absolute atomic E-state index is 0.0700. The van der Waals surface area contributed by atoms with E-state index in [1.54, 1.807) is 11.8 Å². The number of ketones is 1. The van der Waals surface area contributed by atoms with Crippen molar-refractivity contribution in [1.82, 2.24) is 4.90 Å². The molecular formula is C16H27NO3. The molecule has 1 aliphatic carbocycles. The number of hydrogen-bond donors (Lipinski definition) is 0. The molecule has 114 valence electrons. The van der Waals surface area contributed by atoms with Crippen LogP contribution in [-0.2, 0) is 9.53 Å². The summed E-state index contributed by atoms with van der Waals surface area (Å²) in [5, 5.41) is 0. The molecule has 2 unspecified atom stereocenters. The van der Waals surface area contributed by atoms with Crippen molar-refractivity contribution in [3.63, 3.8) is 0 Å². The summed E-state index contributed by atoms with van der Waals surface area (Å²) in [6, 6.07) is 0. The Kier molecular flexibility index (Phi) is 3.87. The van der Waals surface area contributed by atoms with Crippen LogP contribution in [0.1, 0.15) is 53.9 Å². The average Bonchev–Trinajstić information content (AvgIpc) is 3.07. The highest BCUT2D eigenvalue weighted by atomic mass is 16.6. The Morgan fingerprint density at radius 1 is 1.25 bits per heavy atom. The molecule has 0 radical (unpaired) electrons. The molecule has 2 rings (SSSR count). The van der Waals surface area contributed by atoms with Gasteiger partial charge < -0.3 is 9.64 Å². The van der Waals surface area contributed by atoms with Gasteiger partial charge >= 0.3 is 6.09 Å². The van der Waals surface area contributed by atoms with Crippen molar-refractivity contribution in [3.8, 4) is 0 Å². The second-order valence-corrected chi connectivity index (χ2v) is 7.51. The van der Waals surface area contributed by atoms with E-state index in [2.05, 4.69) is 6.92 Å². The third kappa shape index (κ3) is 2.99. The van der Waals surface area contributed by atoms with Gasteiger partial charge in [0.2, 0.25) is 0 Å².